The van der Waals surface area contributed by atoms with Crippen LogP contribution in [0.3, 0.4) is 0 Å². The number of benzene rings is 5. The molecule has 0 saturated carbocycles. The van der Waals surface area contributed by atoms with Crippen molar-refractivity contribution in [2.24, 2.45) is 5.41 Å². The first-order chi connectivity index (χ1) is 24.7. The summed E-state index contributed by atoms with van der Waals surface area (Å²) in [5.41, 5.74) is 9.64. The van der Waals surface area contributed by atoms with Crippen LogP contribution in [0.5, 0.6) is 0 Å². The minimum absolute atomic E-state index is 0. The molecule has 3 aromatic heterocycles. The van der Waals surface area contributed by atoms with Crippen LogP contribution in [0.1, 0.15) is 39.2 Å². The van der Waals surface area contributed by atoms with Gasteiger partial charge in [-0.3, -0.25) is 4.98 Å². The van der Waals surface area contributed by atoms with Crippen molar-refractivity contribution in [2.45, 2.75) is 59.7 Å². The predicted molar refractivity (Wildman–Crippen MR) is 217 cm³/mol. The first-order valence-electron chi connectivity index (χ1n) is 18.0. The smallest absolute Gasteiger partial charge is 0.120 e. The summed E-state index contributed by atoms with van der Waals surface area (Å²) < 4.78 is 8.41. The molecule has 0 atom stereocenters. The Morgan fingerprint density at radius 2 is 1.48 bits per heavy atom. The van der Waals surface area contributed by atoms with Gasteiger partial charge in [0, 0.05) is 37.4 Å². The maximum atomic E-state index is 6.24. The van der Waals surface area contributed by atoms with Crippen LogP contribution >= 0.6 is 0 Å². The Hall–Kier alpha value is -4.61. The number of hydrogen-bond donors (Lipinski definition) is 0. The Bertz CT molecular complexity index is 2420. The summed E-state index contributed by atoms with van der Waals surface area (Å²) in [6, 6.07) is 47.7. The molecule has 3 heterocycles. The van der Waals surface area contributed by atoms with E-state index < -0.39 is 8.07 Å². The quantitative estimate of drug-likeness (QED) is 0.113. The van der Waals surface area contributed by atoms with Crippen LogP contribution in [-0.2, 0) is 26.5 Å². The molecule has 0 N–H and O–H groups in total. The van der Waals surface area contributed by atoms with Crippen molar-refractivity contribution < 1.29 is 24.5 Å². The Balaban J connectivity index is 0.000000179. The third-order valence-corrected chi connectivity index (χ3v) is 12.3. The van der Waals surface area contributed by atoms with Crippen LogP contribution in [0.2, 0.25) is 19.6 Å². The molecule has 1 radical (unpaired) electrons. The molecular weight excluding hydrogens is 831 g/mol. The average Bonchev–Trinajstić information content (AvgIpc) is 3.74. The van der Waals surface area contributed by atoms with Crippen molar-refractivity contribution in [3.8, 4) is 28.3 Å². The number of rotatable bonds is 8. The normalized spacial score (nSPS) is 11.7. The summed E-state index contributed by atoms with van der Waals surface area (Å²) in [6.07, 6.45) is 5.71. The number of para-hydroxylation sites is 4. The zero-order valence-electron chi connectivity index (χ0n) is 30.8. The molecule has 0 spiro atoms. The number of nitrogens with zero attached hydrogens (tertiary/aromatic N) is 3. The molecule has 0 unspecified atom stereocenters. The number of pyridine rings is 1. The van der Waals surface area contributed by atoms with Gasteiger partial charge in [-0.05, 0) is 53.0 Å². The molecule has 8 aromatic rings. The van der Waals surface area contributed by atoms with E-state index in [4.69, 9.17) is 14.4 Å². The van der Waals surface area contributed by atoms with Gasteiger partial charge >= 0.3 is 0 Å². The van der Waals surface area contributed by atoms with Crippen LogP contribution < -0.4 is 5.19 Å². The second kappa shape index (κ2) is 15.6. The van der Waals surface area contributed by atoms with Crippen molar-refractivity contribution in [3.05, 3.63) is 145 Å². The topological polar surface area (TPSA) is 43.9 Å². The fraction of sp³-hybridized carbons (Fsp3) is 0.217. The summed E-state index contributed by atoms with van der Waals surface area (Å²) >= 11 is 0. The van der Waals surface area contributed by atoms with Gasteiger partial charge < -0.3 is 14.0 Å². The Labute approximate surface area is 322 Å². The summed E-state index contributed by atoms with van der Waals surface area (Å²) in [5.74, 6) is 0.831. The molecule has 0 bridgehead atoms. The SMILES string of the molecule is CCC(C)(CC)Cc1cc(-c2[c-]cccc2)ncc1[Si](C)(C)C.[Ir].[c-]1ccc2c(oc3ccccc32)c1-c1nc2ccccc2n1-c1ccccc1. The van der Waals surface area contributed by atoms with E-state index in [0.717, 1.165) is 67.7 Å². The first-order valence-corrected chi connectivity index (χ1v) is 21.5. The van der Waals surface area contributed by atoms with E-state index in [-0.39, 0.29) is 20.1 Å². The zero-order chi connectivity index (χ0) is 35.6. The van der Waals surface area contributed by atoms with Gasteiger partial charge in [-0.25, -0.2) is 0 Å². The van der Waals surface area contributed by atoms with E-state index >= 15 is 0 Å². The van der Waals surface area contributed by atoms with Gasteiger partial charge in [0.05, 0.1) is 30.5 Å². The van der Waals surface area contributed by atoms with Gasteiger partial charge in [0.2, 0.25) is 0 Å². The summed E-state index contributed by atoms with van der Waals surface area (Å²) in [5, 5.41) is 3.69. The van der Waals surface area contributed by atoms with E-state index in [9.17, 15) is 0 Å². The Kier molecular flexibility index (Phi) is 11.1. The number of aromatic nitrogens is 3. The van der Waals surface area contributed by atoms with Crippen LogP contribution in [0, 0.1) is 17.5 Å². The monoisotopic (exact) mass is 876 g/mol. The van der Waals surface area contributed by atoms with Gasteiger partial charge in [-0.15, -0.1) is 54.1 Å². The number of hydrogen-bond acceptors (Lipinski definition) is 3. The molecule has 4 nitrogen and oxygen atoms in total. The van der Waals surface area contributed by atoms with E-state index in [1.807, 2.05) is 72.8 Å². The molecule has 8 rings (SSSR count). The van der Waals surface area contributed by atoms with E-state index in [0.29, 0.717) is 5.41 Å². The second-order valence-corrected chi connectivity index (χ2v) is 19.8. The van der Waals surface area contributed by atoms with Crippen molar-refractivity contribution in [2.75, 3.05) is 0 Å². The maximum absolute atomic E-state index is 6.24. The molecule has 6 heteroatoms. The molecule has 52 heavy (non-hydrogen) atoms. The molecule has 0 fully saturated rings. The Morgan fingerprint density at radius 3 is 2.21 bits per heavy atom. The van der Waals surface area contributed by atoms with Crippen molar-refractivity contribution >= 4 is 46.2 Å². The van der Waals surface area contributed by atoms with Gasteiger partial charge in [-0.1, -0.05) is 124 Å². The molecule has 0 saturated heterocycles. The summed E-state index contributed by atoms with van der Waals surface area (Å²) in [6.45, 7) is 14.3. The molecular formula is C46H45IrN3OSi-2. The summed E-state index contributed by atoms with van der Waals surface area (Å²) in [4.78, 5) is 9.71. The molecule has 5 aromatic carbocycles. The van der Waals surface area contributed by atoms with Gasteiger partial charge in [-0.2, -0.15) is 0 Å². The molecule has 0 aliphatic heterocycles. The minimum Gasteiger partial charge on any atom is -0.501 e. The van der Waals surface area contributed by atoms with Crippen molar-refractivity contribution in [1.29, 1.82) is 0 Å². The largest absolute Gasteiger partial charge is 0.501 e. The zero-order valence-corrected chi connectivity index (χ0v) is 34.2. The van der Waals surface area contributed by atoms with Crippen LogP contribution in [0.4, 0.5) is 0 Å². The molecule has 0 aliphatic rings. The molecule has 265 valence electrons. The summed E-state index contributed by atoms with van der Waals surface area (Å²) in [7, 11) is -1.40. The molecule has 0 aliphatic carbocycles. The second-order valence-electron chi connectivity index (χ2n) is 14.7. The fourth-order valence-corrected chi connectivity index (χ4v) is 8.44. The standard InChI is InChI=1S/C25H15N2O.C21H30NSi.Ir/c1-2-9-17(10-3-1)27-22-15-6-5-14-21(22)26-25(27)20-13-8-12-19-18-11-4-7-16-23(18)28-24(19)20;1-7-21(3,8-2)15-18-14-19(17-12-10-9-11-13-17)22-16-20(18)23(4,5)6;/h1-12,14-16H;9-12,14,16H,7-8,15H2,1-6H3;/q2*-1;. The van der Waals surface area contributed by atoms with Gasteiger partial charge in [0.15, 0.2) is 0 Å². The van der Waals surface area contributed by atoms with Crippen molar-refractivity contribution in [3.63, 3.8) is 0 Å². The predicted octanol–water partition coefficient (Wildman–Crippen LogP) is 11.9. The third-order valence-electron chi connectivity index (χ3n) is 10.2. The van der Waals surface area contributed by atoms with Crippen LogP contribution in [0.25, 0.3) is 61.3 Å². The van der Waals surface area contributed by atoms with E-state index in [1.54, 1.807) is 0 Å². The van der Waals surface area contributed by atoms with Gasteiger partial charge in [0.1, 0.15) is 5.58 Å². The fourth-order valence-electron chi connectivity index (χ4n) is 6.87. The van der Waals surface area contributed by atoms with Crippen molar-refractivity contribution in [1.82, 2.24) is 14.5 Å². The number of fused-ring (bicyclic) bond motifs is 4. The third kappa shape index (κ3) is 7.47. The Morgan fingerprint density at radius 1 is 0.769 bits per heavy atom. The molecule has 0 amide bonds. The van der Waals surface area contributed by atoms with E-state index in [1.165, 1.54) is 23.6 Å². The number of imidazole rings is 1. The minimum atomic E-state index is -1.40. The maximum Gasteiger partial charge on any atom is 0.120 e. The van der Waals surface area contributed by atoms with Gasteiger partial charge in [0.25, 0.3) is 0 Å². The average molecular weight is 876 g/mol. The van der Waals surface area contributed by atoms with E-state index in [2.05, 4.69) is 112 Å². The van der Waals surface area contributed by atoms with Crippen LogP contribution in [0.15, 0.2) is 132 Å². The number of furan rings is 1. The first kappa shape index (κ1) is 37.2. The van der Waals surface area contributed by atoms with Crippen LogP contribution in [-0.4, -0.2) is 22.6 Å².